The zero-order valence-corrected chi connectivity index (χ0v) is 14.7. The van der Waals surface area contributed by atoms with E-state index in [2.05, 4.69) is 63.3 Å². The van der Waals surface area contributed by atoms with Crippen molar-refractivity contribution in [2.45, 2.75) is 19.4 Å². The minimum atomic E-state index is 0.618. The van der Waals surface area contributed by atoms with Gasteiger partial charge in [0.1, 0.15) is 12.4 Å². The van der Waals surface area contributed by atoms with Crippen molar-refractivity contribution in [1.29, 1.82) is 0 Å². The maximum Gasteiger partial charge on any atom is 0.141 e. The molecule has 2 aliphatic rings. The van der Waals surface area contributed by atoms with Crippen LogP contribution in [-0.2, 0) is 6.61 Å². The summed E-state index contributed by atoms with van der Waals surface area (Å²) in [6, 6.07) is 14.9. The van der Waals surface area contributed by atoms with Crippen LogP contribution in [0.4, 0.5) is 0 Å². The molecular formula is C20H20BrNO. The Morgan fingerprint density at radius 2 is 1.78 bits per heavy atom. The molecule has 1 fully saturated rings. The molecule has 0 radical (unpaired) electrons. The molecule has 0 aliphatic carbocycles. The van der Waals surface area contributed by atoms with Crippen molar-refractivity contribution in [3.05, 3.63) is 69.7 Å². The fourth-order valence-corrected chi connectivity index (χ4v) is 3.96. The highest BCUT2D eigenvalue weighted by atomic mass is 79.9. The average Bonchev–Trinajstić information content (AvgIpc) is 3.03. The van der Waals surface area contributed by atoms with Crippen molar-refractivity contribution in [1.82, 2.24) is 4.90 Å². The fraction of sp³-hybridized carbons (Fsp3) is 0.300. The quantitative estimate of drug-likeness (QED) is 0.748. The van der Waals surface area contributed by atoms with Crippen LogP contribution in [0.2, 0.25) is 0 Å². The molecule has 0 atom stereocenters. The van der Waals surface area contributed by atoms with Gasteiger partial charge in [0.05, 0.1) is 4.47 Å². The number of ether oxygens (including phenoxy) is 1. The number of hydrogen-bond donors (Lipinski definition) is 0. The number of likely N-dealkylation sites (tertiary alicyclic amines) is 1. The first kappa shape index (κ1) is 15.0. The molecule has 0 amide bonds. The van der Waals surface area contributed by atoms with Gasteiger partial charge in [-0.15, -0.1) is 0 Å². The summed E-state index contributed by atoms with van der Waals surface area (Å²) in [6.45, 7) is 4.06. The molecule has 0 bridgehead atoms. The molecule has 1 saturated heterocycles. The summed E-state index contributed by atoms with van der Waals surface area (Å²) >= 11 is 3.64. The van der Waals surface area contributed by atoms with Gasteiger partial charge in [-0.2, -0.15) is 0 Å². The number of fused-ring (bicyclic) bond motifs is 2. The van der Waals surface area contributed by atoms with E-state index in [1.807, 2.05) is 6.07 Å². The topological polar surface area (TPSA) is 12.5 Å². The Morgan fingerprint density at radius 3 is 2.65 bits per heavy atom. The second-order valence-corrected chi connectivity index (χ2v) is 7.04. The first-order valence-corrected chi connectivity index (χ1v) is 9.05. The van der Waals surface area contributed by atoms with Crippen LogP contribution in [0.25, 0.3) is 5.57 Å². The van der Waals surface area contributed by atoms with Gasteiger partial charge in [0.15, 0.2) is 0 Å². The van der Waals surface area contributed by atoms with E-state index >= 15 is 0 Å². The molecule has 4 rings (SSSR count). The molecule has 2 aromatic rings. The molecule has 2 nitrogen and oxygen atoms in total. The van der Waals surface area contributed by atoms with Gasteiger partial charge in [0, 0.05) is 12.1 Å². The molecule has 2 aromatic carbocycles. The first-order valence-electron chi connectivity index (χ1n) is 8.25. The lowest BCUT2D eigenvalue weighted by Crippen LogP contribution is -2.19. The van der Waals surface area contributed by atoms with Crippen LogP contribution in [0.1, 0.15) is 29.5 Å². The van der Waals surface area contributed by atoms with Crippen LogP contribution in [0.3, 0.4) is 0 Å². The molecule has 23 heavy (non-hydrogen) atoms. The van der Waals surface area contributed by atoms with Gasteiger partial charge >= 0.3 is 0 Å². The lowest BCUT2D eigenvalue weighted by molar-refractivity contribution is 0.305. The van der Waals surface area contributed by atoms with Crippen molar-refractivity contribution in [2.75, 3.05) is 19.6 Å². The summed E-state index contributed by atoms with van der Waals surface area (Å²) in [5.41, 5.74) is 5.02. The third-order valence-electron chi connectivity index (χ3n) is 4.69. The number of nitrogens with zero attached hydrogens (tertiary/aromatic N) is 1. The Balaban J connectivity index is 1.81. The molecule has 0 saturated carbocycles. The van der Waals surface area contributed by atoms with Gasteiger partial charge in [0.2, 0.25) is 0 Å². The average molecular weight is 370 g/mol. The second kappa shape index (κ2) is 6.50. The Morgan fingerprint density at radius 1 is 1.00 bits per heavy atom. The fourth-order valence-electron chi connectivity index (χ4n) is 3.48. The largest absolute Gasteiger partial charge is 0.487 e. The molecule has 2 heterocycles. The summed E-state index contributed by atoms with van der Waals surface area (Å²) in [4.78, 5) is 2.53. The van der Waals surface area contributed by atoms with Crippen LogP contribution in [0.5, 0.6) is 5.75 Å². The second-order valence-electron chi connectivity index (χ2n) is 6.19. The van der Waals surface area contributed by atoms with Crippen molar-refractivity contribution in [3.63, 3.8) is 0 Å². The third-order valence-corrected chi connectivity index (χ3v) is 5.31. The molecular weight excluding hydrogens is 350 g/mol. The Kier molecular flexibility index (Phi) is 4.23. The van der Waals surface area contributed by atoms with Crippen LogP contribution in [0.15, 0.2) is 53.0 Å². The van der Waals surface area contributed by atoms with Gasteiger partial charge in [0.25, 0.3) is 0 Å². The smallest absolute Gasteiger partial charge is 0.141 e. The van der Waals surface area contributed by atoms with Gasteiger partial charge in [-0.05, 0) is 64.6 Å². The van der Waals surface area contributed by atoms with E-state index in [1.54, 1.807) is 0 Å². The number of benzene rings is 2. The summed E-state index contributed by atoms with van der Waals surface area (Å²) in [5, 5.41) is 0. The van der Waals surface area contributed by atoms with Gasteiger partial charge in [-0.25, -0.2) is 0 Å². The summed E-state index contributed by atoms with van der Waals surface area (Å²) in [7, 11) is 0. The molecule has 118 valence electrons. The van der Waals surface area contributed by atoms with Crippen molar-refractivity contribution in [2.24, 2.45) is 0 Å². The van der Waals surface area contributed by atoms with E-state index in [4.69, 9.17) is 4.74 Å². The molecule has 0 unspecified atom stereocenters. The SMILES string of the molecule is Brc1cccc2c1OCc1ccccc1C2=CCN1CCCC1. The monoisotopic (exact) mass is 369 g/mol. The van der Waals surface area contributed by atoms with E-state index in [-0.39, 0.29) is 0 Å². The van der Waals surface area contributed by atoms with E-state index < -0.39 is 0 Å². The number of rotatable bonds is 2. The van der Waals surface area contributed by atoms with Crippen molar-refractivity contribution < 1.29 is 4.74 Å². The molecule has 0 N–H and O–H groups in total. The lowest BCUT2D eigenvalue weighted by atomic mass is 9.94. The summed E-state index contributed by atoms with van der Waals surface area (Å²) < 4.78 is 7.13. The Bertz CT molecular complexity index is 747. The maximum atomic E-state index is 6.11. The standard InChI is InChI=1S/C20H20BrNO/c21-19-9-5-8-18-17(10-13-22-11-3-4-12-22)16-7-2-1-6-15(16)14-23-20(18)19/h1-2,5-10H,3-4,11-14H2. The Labute approximate surface area is 145 Å². The van der Waals surface area contributed by atoms with E-state index in [0.717, 1.165) is 16.8 Å². The van der Waals surface area contributed by atoms with Crippen LogP contribution < -0.4 is 4.74 Å². The Hall–Kier alpha value is -1.58. The van der Waals surface area contributed by atoms with Gasteiger partial charge < -0.3 is 4.74 Å². The van der Waals surface area contributed by atoms with E-state index in [9.17, 15) is 0 Å². The maximum absolute atomic E-state index is 6.11. The van der Waals surface area contributed by atoms with Crippen LogP contribution >= 0.6 is 15.9 Å². The van der Waals surface area contributed by atoms with Gasteiger partial charge in [-0.1, -0.05) is 42.5 Å². The zero-order chi connectivity index (χ0) is 15.6. The molecule has 3 heteroatoms. The minimum absolute atomic E-state index is 0.618. The van der Waals surface area contributed by atoms with Crippen LogP contribution in [-0.4, -0.2) is 24.5 Å². The predicted octanol–water partition coefficient (Wildman–Crippen LogP) is 4.87. The highest BCUT2D eigenvalue weighted by Crippen LogP contribution is 2.40. The first-order chi connectivity index (χ1) is 11.3. The predicted molar refractivity (Wildman–Crippen MR) is 97.7 cm³/mol. The van der Waals surface area contributed by atoms with Gasteiger partial charge in [-0.3, -0.25) is 4.90 Å². The zero-order valence-electron chi connectivity index (χ0n) is 13.1. The molecule has 2 aliphatic heterocycles. The third kappa shape index (κ3) is 2.96. The number of hydrogen-bond acceptors (Lipinski definition) is 2. The molecule has 0 aromatic heterocycles. The highest BCUT2D eigenvalue weighted by Gasteiger charge is 2.21. The normalized spacial score (nSPS) is 19.1. The summed E-state index contributed by atoms with van der Waals surface area (Å²) in [5.74, 6) is 0.955. The van der Waals surface area contributed by atoms with Crippen LogP contribution in [0, 0.1) is 0 Å². The highest BCUT2D eigenvalue weighted by molar-refractivity contribution is 9.10. The minimum Gasteiger partial charge on any atom is -0.487 e. The van der Waals surface area contributed by atoms with Crippen molar-refractivity contribution in [3.8, 4) is 5.75 Å². The van der Waals surface area contributed by atoms with Crippen molar-refractivity contribution >= 4 is 21.5 Å². The van der Waals surface area contributed by atoms with E-state index in [1.165, 1.54) is 48.2 Å². The summed E-state index contributed by atoms with van der Waals surface area (Å²) in [6.07, 6.45) is 5.03. The lowest BCUT2D eigenvalue weighted by Gasteiger charge is -2.15. The molecule has 0 spiro atoms. The number of halogens is 1. The number of para-hydroxylation sites is 1. The van der Waals surface area contributed by atoms with E-state index in [0.29, 0.717) is 6.61 Å².